The summed E-state index contributed by atoms with van der Waals surface area (Å²) in [5, 5.41) is 11.8. The molecular weight excluding hydrogens is 299 g/mol. The number of nitrogens with one attached hydrogen (secondary N) is 1. The zero-order chi connectivity index (χ0) is 13.8. The van der Waals surface area contributed by atoms with Crippen molar-refractivity contribution in [1.29, 1.82) is 5.26 Å². The summed E-state index contributed by atoms with van der Waals surface area (Å²) in [6, 6.07) is 6.13. The van der Waals surface area contributed by atoms with Gasteiger partial charge in [0.25, 0.3) is 5.91 Å². The lowest BCUT2D eigenvalue weighted by Crippen LogP contribution is -2.46. The molecule has 5 heteroatoms. The van der Waals surface area contributed by atoms with Crippen molar-refractivity contribution in [3.8, 4) is 6.07 Å². The van der Waals surface area contributed by atoms with Gasteiger partial charge in [0.15, 0.2) is 0 Å². The van der Waals surface area contributed by atoms with Crippen molar-refractivity contribution >= 4 is 21.8 Å². The van der Waals surface area contributed by atoms with E-state index >= 15 is 0 Å². The quantitative estimate of drug-likeness (QED) is 0.926. The molecule has 0 saturated heterocycles. The number of nitrogens with zero attached hydrogens (tertiary/aromatic N) is 1. The summed E-state index contributed by atoms with van der Waals surface area (Å²) < 4.78 is 13.3. The molecular formula is C13H14BrFN2O. The molecule has 0 unspecified atom stereocenters. The minimum Gasteiger partial charge on any atom is -0.334 e. The average Bonchev–Trinajstić information content (AvgIpc) is 2.39. The number of benzene rings is 1. The first-order valence-electron chi connectivity index (χ1n) is 5.67. The number of rotatable bonds is 4. The van der Waals surface area contributed by atoms with Crippen molar-refractivity contribution in [1.82, 2.24) is 5.32 Å². The third-order valence-electron chi connectivity index (χ3n) is 2.96. The second-order valence-corrected chi connectivity index (χ2v) is 4.84. The van der Waals surface area contributed by atoms with E-state index < -0.39 is 11.4 Å². The zero-order valence-electron chi connectivity index (χ0n) is 10.3. The van der Waals surface area contributed by atoms with Crippen molar-refractivity contribution in [3.63, 3.8) is 0 Å². The van der Waals surface area contributed by atoms with Gasteiger partial charge < -0.3 is 5.32 Å². The van der Waals surface area contributed by atoms with Crippen LogP contribution in [-0.4, -0.2) is 11.4 Å². The molecule has 1 aromatic rings. The van der Waals surface area contributed by atoms with Gasteiger partial charge in [-0.05, 0) is 47.0 Å². The van der Waals surface area contributed by atoms with E-state index in [-0.39, 0.29) is 10.4 Å². The summed E-state index contributed by atoms with van der Waals surface area (Å²) in [5.41, 5.74) is -0.539. The van der Waals surface area contributed by atoms with Crippen molar-refractivity contribution in [2.24, 2.45) is 0 Å². The van der Waals surface area contributed by atoms with Crippen LogP contribution in [0.4, 0.5) is 4.39 Å². The largest absolute Gasteiger partial charge is 0.334 e. The van der Waals surface area contributed by atoms with E-state index in [1.165, 1.54) is 18.2 Å². The molecule has 0 aromatic heterocycles. The third-order valence-corrected chi connectivity index (χ3v) is 3.56. The fraction of sp³-hybridized carbons (Fsp3) is 0.385. The summed E-state index contributed by atoms with van der Waals surface area (Å²) in [7, 11) is 0. The molecule has 1 rings (SSSR count). The number of carbonyl (C=O) groups is 1. The van der Waals surface area contributed by atoms with Crippen LogP contribution in [0.1, 0.15) is 37.0 Å². The second kappa shape index (κ2) is 5.96. The Morgan fingerprint density at radius 3 is 2.56 bits per heavy atom. The van der Waals surface area contributed by atoms with E-state index in [1.807, 2.05) is 13.8 Å². The van der Waals surface area contributed by atoms with Crippen LogP contribution in [0, 0.1) is 17.1 Å². The van der Waals surface area contributed by atoms with Gasteiger partial charge in [-0.25, -0.2) is 4.39 Å². The Bertz CT molecular complexity index is 492. The molecule has 0 fully saturated rings. The Labute approximate surface area is 114 Å². The summed E-state index contributed by atoms with van der Waals surface area (Å²) >= 11 is 3.03. The van der Waals surface area contributed by atoms with Gasteiger partial charge >= 0.3 is 0 Å². The minimum absolute atomic E-state index is 0.228. The van der Waals surface area contributed by atoms with Gasteiger partial charge in [-0.3, -0.25) is 4.79 Å². The number of nitriles is 1. The molecule has 1 aromatic carbocycles. The number of amides is 1. The van der Waals surface area contributed by atoms with Crippen LogP contribution in [0.25, 0.3) is 0 Å². The highest BCUT2D eigenvalue weighted by atomic mass is 79.9. The van der Waals surface area contributed by atoms with Crippen LogP contribution in [0.2, 0.25) is 0 Å². The summed E-state index contributed by atoms with van der Waals surface area (Å²) in [6.07, 6.45) is 1.04. The van der Waals surface area contributed by atoms with Crippen molar-refractivity contribution in [2.75, 3.05) is 0 Å². The highest BCUT2D eigenvalue weighted by Crippen LogP contribution is 2.19. The van der Waals surface area contributed by atoms with Gasteiger partial charge in [0, 0.05) is 5.56 Å². The Morgan fingerprint density at radius 1 is 1.50 bits per heavy atom. The smallest absolute Gasteiger partial charge is 0.252 e. The number of hydrogen-bond donors (Lipinski definition) is 1. The number of carbonyl (C=O) groups excluding carboxylic acids is 1. The summed E-state index contributed by atoms with van der Waals surface area (Å²) in [4.78, 5) is 12.0. The lowest BCUT2D eigenvalue weighted by atomic mass is 9.94. The molecule has 0 radical (unpaired) electrons. The Balaban J connectivity index is 2.95. The van der Waals surface area contributed by atoms with Gasteiger partial charge in [-0.15, -0.1) is 0 Å². The molecule has 0 aliphatic rings. The lowest BCUT2D eigenvalue weighted by Gasteiger charge is -2.24. The highest BCUT2D eigenvalue weighted by molar-refractivity contribution is 9.10. The van der Waals surface area contributed by atoms with E-state index in [9.17, 15) is 9.18 Å². The molecule has 96 valence electrons. The SMILES string of the molecule is CCC(C#N)(CC)NC(=O)c1ccc(F)c(Br)c1. The molecule has 0 aliphatic carbocycles. The van der Waals surface area contributed by atoms with Crippen LogP contribution < -0.4 is 5.32 Å². The molecule has 0 bridgehead atoms. The van der Waals surface area contributed by atoms with Gasteiger partial charge in [0.1, 0.15) is 11.4 Å². The fourth-order valence-electron chi connectivity index (χ4n) is 1.54. The minimum atomic E-state index is -0.863. The highest BCUT2D eigenvalue weighted by Gasteiger charge is 2.28. The molecule has 1 N–H and O–H groups in total. The van der Waals surface area contributed by atoms with Crippen LogP contribution in [0.15, 0.2) is 22.7 Å². The Morgan fingerprint density at radius 2 is 2.11 bits per heavy atom. The van der Waals surface area contributed by atoms with Crippen molar-refractivity contribution in [2.45, 2.75) is 32.2 Å². The van der Waals surface area contributed by atoms with Gasteiger partial charge in [0.2, 0.25) is 0 Å². The maximum absolute atomic E-state index is 13.1. The monoisotopic (exact) mass is 312 g/mol. The van der Waals surface area contributed by atoms with E-state index in [0.717, 1.165) is 0 Å². The maximum Gasteiger partial charge on any atom is 0.252 e. The molecule has 0 aliphatic heterocycles. The summed E-state index contributed by atoms with van der Waals surface area (Å²) in [5.74, 6) is -0.801. The van der Waals surface area contributed by atoms with Crippen LogP contribution in [-0.2, 0) is 0 Å². The van der Waals surface area contributed by atoms with E-state index in [0.29, 0.717) is 18.4 Å². The maximum atomic E-state index is 13.1. The van der Waals surface area contributed by atoms with Gasteiger partial charge in [-0.1, -0.05) is 13.8 Å². The van der Waals surface area contributed by atoms with E-state index in [1.54, 1.807) is 0 Å². The predicted molar refractivity (Wildman–Crippen MR) is 70.5 cm³/mol. The number of hydrogen-bond acceptors (Lipinski definition) is 2. The summed E-state index contributed by atoms with van der Waals surface area (Å²) in [6.45, 7) is 3.68. The molecule has 18 heavy (non-hydrogen) atoms. The average molecular weight is 313 g/mol. The number of halogens is 2. The molecule has 0 heterocycles. The first kappa shape index (κ1) is 14.7. The topological polar surface area (TPSA) is 52.9 Å². The van der Waals surface area contributed by atoms with E-state index in [4.69, 9.17) is 5.26 Å². The fourth-order valence-corrected chi connectivity index (χ4v) is 1.92. The molecule has 0 saturated carbocycles. The van der Waals surface area contributed by atoms with Crippen molar-refractivity contribution < 1.29 is 9.18 Å². The van der Waals surface area contributed by atoms with Gasteiger partial charge in [0.05, 0.1) is 10.5 Å². The van der Waals surface area contributed by atoms with Crippen molar-refractivity contribution in [3.05, 3.63) is 34.1 Å². The molecule has 0 spiro atoms. The standard InChI is InChI=1S/C13H14BrFN2O/c1-3-13(4-2,8-16)17-12(18)9-5-6-11(15)10(14)7-9/h5-7H,3-4H2,1-2H3,(H,17,18). The van der Waals surface area contributed by atoms with Crippen LogP contribution >= 0.6 is 15.9 Å². The van der Waals surface area contributed by atoms with Crippen LogP contribution in [0.3, 0.4) is 0 Å². The van der Waals surface area contributed by atoms with Crippen LogP contribution in [0.5, 0.6) is 0 Å². The normalized spacial score (nSPS) is 10.8. The predicted octanol–water partition coefficient (Wildman–Crippen LogP) is 3.40. The van der Waals surface area contributed by atoms with E-state index in [2.05, 4.69) is 27.3 Å². The molecule has 1 amide bonds. The van der Waals surface area contributed by atoms with Gasteiger partial charge in [-0.2, -0.15) is 5.26 Å². The zero-order valence-corrected chi connectivity index (χ0v) is 11.8. The lowest BCUT2D eigenvalue weighted by molar-refractivity contribution is 0.0915. The molecule has 0 atom stereocenters. The first-order valence-corrected chi connectivity index (χ1v) is 6.46. The third kappa shape index (κ3) is 3.08. The molecule has 3 nitrogen and oxygen atoms in total. The Hall–Kier alpha value is -1.41. The second-order valence-electron chi connectivity index (χ2n) is 3.98. The first-order chi connectivity index (χ1) is 8.48. The Kier molecular flexibility index (Phi) is 4.85.